The molecule has 0 aliphatic carbocycles. The van der Waals surface area contributed by atoms with Crippen LogP contribution in [0.4, 0.5) is 5.69 Å². The van der Waals surface area contributed by atoms with E-state index < -0.39 is 0 Å². The number of anilines is 1. The number of rotatable bonds is 3. The first kappa shape index (κ1) is 17.5. The highest BCUT2D eigenvalue weighted by Gasteiger charge is 2.42. The lowest BCUT2D eigenvalue weighted by atomic mass is 10.0. The van der Waals surface area contributed by atoms with Gasteiger partial charge in [-0.15, -0.1) is 0 Å². The lowest BCUT2D eigenvalue weighted by molar-refractivity contribution is -0.120. The molecule has 5 nitrogen and oxygen atoms in total. The number of imide groups is 1. The zero-order valence-electron chi connectivity index (χ0n) is 15.7. The molecule has 27 heavy (non-hydrogen) atoms. The molecule has 0 radical (unpaired) electrons. The maximum atomic E-state index is 13.3. The Morgan fingerprint density at radius 1 is 0.778 bits per heavy atom. The highest BCUT2D eigenvalue weighted by Crippen LogP contribution is 2.35. The van der Waals surface area contributed by atoms with Crippen molar-refractivity contribution in [1.82, 2.24) is 9.80 Å². The second kappa shape index (κ2) is 7.00. The standard InChI is InChI=1S/C22H23N3O2/c1-16-8-10-17(11-9-16)19-20(24-14-12-23(2)13-15-24)22(27)25(21(19)26)18-6-4-3-5-7-18/h3-11H,12-15H2,1-2H3. The summed E-state index contributed by atoms with van der Waals surface area (Å²) >= 11 is 0. The molecular weight excluding hydrogens is 338 g/mol. The third-order valence-corrected chi connectivity index (χ3v) is 5.23. The second-order valence-corrected chi connectivity index (χ2v) is 7.16. The Morgan fingerprint density at radius 2 is 1.41 bits per heavy atom. The number of carbonyl (C=O) groups excluding carboxylic acids is 2. The molecule has 2 heterocycles. The molecule has 0 N–H and O–H groups in total. The minimum Gasteiger partial charge on any atom is -0.364 e. The van der Waals surface area contributed by atoms with Gasteiger partial charge in [0.2, 0.25) is 0 Å². The lowest BCUT2D eigenvalue weighted by Gasteiger charge is -2.34. The summed E-state index contributed by atoms with van der Waals surface area (Å²) in [5.41, 5.74) is 3.57. The molecule has 138 valence electrons. The topological polar surface area (TPSA) is 43.9 Å². The van der Waals surface area contributed by atoms with Crippen molar-refractivity contribution in [1.29, 1.82) is 0 Å². The molecule has 0 spiro atoms. The first-order valence-corrected chi connectivity index (χ1v) is 9.25. The molecule has 0 aromatic heterocycles. The predicted octanol–water partition coefficient (Wildman–Crippen LogP) is 2.53. The summed E-state index contributed by atoms with van der Waals surface area (Å²) in [6, 6.07) is 17.0. The number of likely N-dealkylation sites (N-methyl/N-ethyl adjacent to an activating group) is 1. The van der Waals surface area contributed by atoms with E-state index in [0.29, 0.717) is 17.0 Å². The van der Waals surface area contributed by atoms with Crippen molar-refractivity contribution in [3.63, 3.8) is 0 Å². The van der Waals surface area contributed by atoms with Gasteiger partial charge in [0.15, 0.2) is 0 Å². The van der Waals surface area contributed by atoms with Gasteiger partial charge in [0.1, 0.15) is 5.70 Å². The third-order valence-electron chi connectivity index (χ3n) is 5.23. The van der Waals surface area contributed by atoms with Gasteiger partial charge in [-0.3, -0.25) is 9.59 Å². The molecule has 2 aromatic carbocycles. The van der Waals surface area contributed by atoms with Crippen molar-refractivity contribution < 1.29 is 9.59 Å². The molecule has 2 aliphatic rings. The van der Waals surface area contributed by atoms with Crippen LogP contribution >= 0.6 is 0 Å². The van der Waals surface area contributed by atoms with Crippen molar-refractivity contribution in [2.75, 3.05) is 38.1 Å². The van der Waals surface area contributed by atoms with Crippen LogP contribution in [0.1, 0.15) is 11.1 Å². The normalized spacial score (nSPS) is 18.6. The molecule has 1 fully saturated rings. The highest BCUT2D eigenvalue weighted by atomic mass is 16.2. The Labute approximate surface area is 159 Å². The lowest BCUT2D eigenvalue weighted by Crippen LogP contribution is -2.46. The summed E-state index contributed by atoms with van der Waals surface area (Å²) in [6.45, 7) is 5.23. The molecule has 0 atom stereocenters. The van der Waals surface area contributed by atoms with Crippen LogP contribution in [0.25, 0.3) is 5.57 Å². The number of benzene rings is 2. The Morgan fingerprint density at radius 3 is 2.04 bits per heavy atom. The van der Waals surface area contributed by atoms with Gasteiger partial charge in [-0.2, -0.15) is 0 Å². The van der Waals surface area contributed by atoms with Crippen molar-refractivity contribution in [2.24, 2.45) is 0 Å². The summed E-state index contributed by atoms with van der Waals surface area (Å²) in [6.07, 6.45) is 0. The number of amides is 2. The SMILES string of the molecule is Cc1ccc(C2=C(N3CCN(C)CC3)C(=O)N(c3ccccc3)C2=O)cc1. The quantitative estimate of drug-likeness (QED) is 0.788. The van der Waals surface area contributed by atoms with Gasteiger partial charge >= 0.3 is 0 Å². The molecule has 2 aromatic rings. The zero-order valence-corrected chi connectivity index (χ0v) is 15.7. The van der Waals surface area contributed by atoms with Crippen LogP contribution in [-0.2, 0) is 9.59 Å². The van der Waals surface area contributed by atoms with Gasteiger partial charge in [0.25, 0.3) is 11.8 Å². The molecule has 2 aliphatic heterocycles. The smallest absolute Gasteiger partial charge is 0.282 e. The molecule has 5 heteroatoms. The third kappa shape index (κ3) is 3.15. The zero-order chi connectivity index (χ0) is 19.0. The van der Waals surface area contributed by atoms with Gasteiger partial charge in [0.05, 0.1) is 11.3 Å². The minimum atomic E-state index is -0.246. The van der Waals surface area contributed by atoms with E-state index >= 15 is 0 Å². The van der Waals surface area contributed by atoms with Crippen LogP contribution in [0.15, 0.2) is 60.3 Å². The van der Waals surface area contributed by atoms with E-state index in [-0.39, 0.29) is 11.8 Å². The van der Waals surface area contributed by atoms with Crippen LogP contribution in [0.3, 0.4) is 0 Å². The maximum Gasteiger partial charge on any atom is 0.282 e. The maximum absolute atomic E-state index is 13.3. The molecular formula is C22H23N3O2. The van der Waals surface area contributed by atoms with Gasteiger partial charge in [-0.25, -0.2) is 4.90 Å². The van der Waals surface area contributed by atoms with E-state index in [9.17, 15) is 9.59 Å². The molecule has 2 amide bonds. The number of para-hydroxylation sites is 1. The van der Waals surface area contributed by atoms with E-state index in [1.54, 1.807) is 12.1 Å². The fourth-order valence-corrected chi connectivity index (χ4v) is 3.63. The summed E-state index contributed by atoms with van der Waals surface area (Å²) < 4.78 is 0. The summed E-state index contributed by atoms with van der Waals surface area (Å²) in [4.78, 5) is 32.3. The Hall–Kier alpha value is -2.92. The van der Waals surface area contributed by atoms with E-state index in [0.717, 1.165) is 37.3 Å². The predicted molar refractivity (Wildman–Crippen MR) is 106 cm³/mol. The van der Waals surface area contributed by atoms with E-state index in [2.05, 4.69) is 16.8 Å². The largest absolute Gasteiger partial charge is 0.364 e. The molecule has 4 rings (SSSR count). The second-order valence-electron chi connectivity index (χ2n) is 7.16. The number of hydrogen-bond donors (Lipinski definition) is 0. The fraction of sp³-hybridized carbons (Fsp3) is 0.273. The monoisotopic (exact) mass is 361 g/mol. The van der Waals surface area contributed by atoms with Gasteiger partial charge in [0, 0.05) is 26.2 Å². The van der Waals surface area contributed by atoms with Gasteiger partial charge in [-0.1, -0.05) is 48.0 Å². The summed E-state index contributed by atoms with van der Waals surface area (Å²) in [7, 11) is 2.07. The van der Waals surface area contributed by atoms with Crippen molar-refractivity contribution in [2.45, 2.75) is 6.92 Å². The number of piperazine rings is 1. The average Bonchev–Trinajstić information content (AvgIpc) is 2.94. The van der Waals surface area contributed by atoms with Crippen LogP contribution in [0.2, 0.25) is 0 Å². The summed E-state index contributed by atoms with van der Waals surface area (Å²) in [5, 5.41) is 0. The van der Waals surface area contributed by atoms with Gasteiger partial charge < -0.3 is 9.80 Å². The fourth-order valence-electron chi connectivity index (χ4n) is 3.63. The highest BCUT2D eigenvalue weighted by molar-refractivity contribution is 6.45. The Balaban J connectivity index is 1.80. The Kier molecular flexibility index (Phi) is 4.54. The van der Waals surface area contributed by atoms with Crippen molar-refractivity contribution >= 4 is 23.1 Å². The van der Waals surface area contributed by atoms with E-state index in [4.69, 9.17) is 0 Å². The minimum absolute atomic E-state index is 0.230. The van der Waals surface area contributed by atoms with Crippen molar-refractivity contribution in [3.05, 3.63) is 71.4 Å². The first-order chi connectivity index (χ1) is 13.1. The van der Waals surface area contributed by atoms with Crippen LogP contribution in [0, 0.1) is 6.92 Å². The van der Waals surface area contributed by atoms with Gasteiger partial charge in [-0.05, 0) is 31.7 Å². The van der Waals surface area contributed by atoms with Crippen LogP contribution < -0.4 is 4.90 Å². The number of hydrogen-bond acceptors (Lipinski definition) is 4. The molecule has 0 unspecified atom stereocenters. The average molecular weight is 361 g/mol. The first-order valence-electron chi connectivity index (χ1n) is 9.25. The van der Waals surface area contributed by atoms with E-state index in [1.807, 2.05) is 49.4 Å². The van der Waals surface area contributed by atoms with E-state index in [1.165, 1.54) is 4.90 Å². The number of carbonyl (C=O) groups is 2. The number of aryl methyl sites for hydroxylation is 1. The molecule has 0 saturated carbocycles. The Bertz CT molecular complexity index is 895. The van der Waals surface area contributed by atoms with Crippen LogP contribution in [-0.4, -0.2) is 54.8 Å². The summed E-state index contributed by atoms with van der Waals surface area (Å²) in [5.74, 6) is -0.477. The molecule has 0 bridgehead atoms. The number of nitrogens with zero attached hydrogens (tertiary/aromatic N) is 3. The van der Waals surface area contributed by atoms with Crippen molar-refractivity contribution in [3.8, 4) is 0 Å². The van der Waals surface area contributed by atoms with Crippen LogP contribution in [0.5, 0.6) is 0 Å². The molecule has 1 saturated heterocycles.